The van der Waals surface area contributed by atoms with E-state index >= 15 is 0 Å². The van der Waals surface area contributed by atoms with E-state index in [1.807, 2.05) is 44.4 Å². The van der Waals surface area contributed by atoms with Crippen LogP contribution in [0.4, 0.5) is 0 Å². The normalized spacial score (nSPS) is 15.9. The Morgan fingerprint density at radius 2 is 2.10 bits per heavy atom. The van der Waals surface area contributed by atoms with Crippen molar-refractivity contribution in [2.45, 2.75) is 38.8 Å². The zero-order valence-electron chi connectivity index (χ0n) is 17.4. The summed E-state index contributed by atoms with van der Waals surface area (Å²) >= 11 is 0. The minimum atomic E-state index is -1.05. The molecule has 1 atom stereocenters. The van der Waals surface area contributed by atoms with Gasteiger partial charge in [-0.25, -0.2) is 4.99 Å². The molecule has 0 bridgehead atoms. The van der Waals surface area contributed by atoms with E-state index in [2.05, 4.69) is 20.7 Å². The molecule has 3 N–H and O–H groups in total. The first kappa shape index (κ1) is 23.5. The van der Waals surface area contributed by atoms with Crippen molar-refractivity contribution in [3.8, 4) is 5.75 Å². The number of nitrogens with zero attached hydrogens (tertiary/aromatic N) is 3. The predicted octanol–water partition coefficient (Wildman–Crippen LogP) is 2.79. The first-order valence-electron chi connectivity index (χ1n) is 9.92. The molecule has 7 nitrogen and oxygen atoms in total. The van der Waals surface area contributed by atoms with Crippen molar-refractivity contribution < 1.29 is 9.84 Å². The number of guanidine groups is 1. The van der Waals surface area contributed by atoms with Crippen LogP contribution in [0.1, 0.15) is 37.8 Å². The van der Waals surface area contributed by atoms with Gasteiger partial charge in [0.05, 0.1) is 25.9 Å². The van der Waals surface area contributed by atoms with Crippen molar-refractivity contribution in [1.82, 2.24) is 20.4 Å². The Morgan fingerprint density at radius 1 is 1.34 bits per heavy atom. The number of hydrogen-bond donors (Lipinski definition) is 3. The molecule has 160 valence electrons. The third kappa shape index (κ3) is 7.18. The van der Waals surface area contributed by atoms with Gasteiger partial charge in [0.15, 0.2) is 5.96 Å². The molecule has 0 saturated heterocycles. The predicted molar refractivity (Wildman–Crippen MR) is 126 cm³/mol. The van der Waals surface area contributed by atoms with E-state index in [-0.39, 0.29) is 24.0 Å². The fourth-order valence-electron chi connectivity index (χ4n) is 2.83. The third-order valence-corrected chi connectivity index (χ3v) is 4.82. The Bertz CT molecular complexity index is 802. The van der Waals surface area contributed by atoms with Gasteiger partial charge in [0.1, 0.15) is 11.4 Å². The summed E-state index contributed by atoms with van der Waals surface area (Å²) in [4.78, 5) is 4.67. The summed E-state index contributed by atoms with van der Waals surface area (Å²) < 4.78 is 7.65. The lowest BCUT2D eigenvalue weighted by Crippen LogP contribution is -2.44. The summed E-state index contributed by atoms with van der Waals surface area (Å²) in [7, 11) is 1.83. The molecule has 1 saturated carbocycles. The molecule has 2 aromatic rings. The second kappa shape index (κ2) is 10.8. The number of hydrogen-bond acceptors (Lipinski definition) is 4. The molecule has 0 radical (unpaired) electrons. The lowest BCUT2D eigenvalue weighted by Gasteiger charge is -2.23. The van der Waals surface area contributed by atoms with Gasteiger partial charge in [0, 0.05) is 30.9 Å². The fourth-order valence-corrected chi connectivity index (χ4v) is 2.83. The summed E-state index contributed by atoms with van der Waals surface area (Å²) in [6.45, 7) is 6.13. The van der Waals surface area contributed by atoms with Gasteiger partial charge in [0.2, 0.25) is 0 Å². The molecule has 1 fully saturated rings. The molecular weight excluding hydrogens is 481 g/mol. The third-order valence-electron chi connectivity index (χ3n) is 4.82. The Labute approximate surface area is 190 Å². The Hall–Kier alpha value is -1.81. The van der Waals surface area contributed by atoms with Crippen molar-refractivity contribution in [3.63, 3.8) is 0 Å². The molecule has 29 heavy (non-hydrogen) atoms. The van der Waals surface area contributed by atoms with Crippen molar-refractivity contribution in [3.05, 3.63) is 47.8 Å². The minimum Gasteiger partial charge on any atom is -0.493 e. The molecule has 1 aliphatic rings. The highest BCUT2D eigenvalue weighted by molar-refractivity contribution is 14.0. The highest BCUT2D eigenvalue weighted by atomic mass is 127. The number of halogens is 1. The van der Waals surface area contributed by atoms with Crippen molar-refractivity contribution in [1.29, 1.82) is 0 Å². The number of aromatic nitrogens is 2. The maximum Gasteiger partial charge on any atom is 0.191 e. The number of para-hydroxylation sites is 1. The van der Waals surface area contributed by atoms with E-state index in [1.165, 1.54) is 12.8 Å². The first-order valence-corrected chi connectivity index (χ1v) is 9.92. The van der Waals surface area contributed by atoms with Crippen LogP contribution in [0.5, 0.6) is 5.75 Å². The average molecular weight is 513 g/mol. The molecule has 0 spiro atoms. The molecule has 1 heterocycles. The van der Waals surface area contributed by atoms with Crippen molar-refractivity contribution in [2.75, 3.05) is 19.7 Å². The number of ether oxygens (including phenoxy) is 1. The quantitative estimate of drug-likeness (QED) is 0.273. The highest BCUT2D eigenvalue weighted by Crippen LogP contribution is 2.30. The first-order chi connectivity index (χ1) is 13.5. The Morgan fingerprint density at radius 3 is 2.76 bits per heavy atom. The highest BCUT2D eigenvalue weighted by Gasteiger charge is 2.25. The summed E-state index contributed by atoms with van der Waals surface area (Å²) in [6, 6.07) is 8.04. The summed E-state index contributed by atoms with van der Waals surface area (Å²) in [5.74, 6) is 2.27. The van der Waals surface area contributed by atoms with Crippen LogP contribution in [0.3, 0.4) is 0 Å². The van der Waals surface area contributed by atoms with Crippen LogP contribution < -0.4 is 15.4 Å². The van der Waals surface area contributed by atoms with Gasteiger partial charge >= 0.3 is 0 Å². The van der Waals surface area contributed by atoms with E-state index in [0.29, 0.717) is 25.0 Å². The van der Waals surface area contributed by atoms with E-state index in [9.17, 15) is 5.11 Å². The van der Waals surface area contributed by atoms with Crippen molar-refractivity contribution in [2.24, 2.45) is 18.0 Å². The van der Waals surface area contributed by atoms with Gasteiger partial charge in [-0.3, -0.25) is 4.68 Å². The molecule has 1 aromatic heterocycles. The van der Waals surface area contributed by atoms with E-state index in [0.717, 1.165) is 30.0 Å². The second-order valence-electron chi connectivity index (χ2n) is 7.59. The zero-order valence-corrected chi connectivity index (χ0v) is 19.7. The molecule has 1 aliphatic carbocycles. The van der Waals surface area contributed by atoms with Crippen LogP contribution in [-0.2, 0) is 19.2 Å². The fraction of sp³-hybridized carbons (Fsp3) is 0.524. The number of aliphatic hydroxyl groups is 1. The van der Waals surface area contributed by atoms with E-state index < -0.39 is 5.60 Å². The van der Waals surface area contributed by atoms with Gasteiger partial charge in [-0.15, -0.1) is 24.0 Å². The monoisotopic (exact) mass is 513 g/mol. The SMILES string of the molecule is CCNC(=NCc1ccccc1OCC1CC1)NCC(C)(O)c1cnn(C)c1.I. The molecule has 0 aliphatic heterocycles. The Kier molecular flexibility index (Phi) is 8.76. The van der Waals surface area contributed by atoms with Crippen LogP contribution in [0.15, 0.2) is 41.7 Å². The van der Waals surface area contributed by atoms with Gasteiger partial charge in [-0.2, -0.15) is 5.10 Å². The van der Waals surface area contributed by atoms with E-state index in [4.69, 9.17) is 4.74 Å². The number of nitrogens with one attached hydrogen (secondary N) is 2. The summed E-state index contributed by atoms with van der Waals surface area (Å²) in [5.41, 5.74) is 0.770. The zero-order chi connectivity index (χ0) is 20.0. The number of aryl methyl sites for hydroxylation is 1. The topological polar surface area (TPSA) is 83.7 Å². The smallest absolute Gasteiger partial charge is 0.191 e. The molecule has 8 heteroatoms. The maximum atomic E-state index is 10.8. The largest absolute Gasteiger partial charge is 0.493 e. The summed E-state index contributed by atoms with van der Waals surface area (Å²) in [5, 5.41) is 21.3. The van der Waals surface area contributed by atoms with Crippen LogP contribution in [0, 0.1) is 5.92 Å². The standard InChI is InChI=1S/C21H31N5O2.HI/c1-4-22-20(24-15-21(2,27)18-12-25-26(3)13-18)23-11-17-7-5-6-8-19(17)28-14-16-9-10-16;/h5-8,12-13,16,27H,4,9-11,14-15H2,1-3H3,(H2,22,23,24);1H. The van der Waals surface area contributed by atoms with Gasteiger partial charge in [-0.05, 0) is 38.7 Å². The van der Waals surface area contributed by atoms with Crippen molar-refractivity contribution >= 4 is 29.9 Å². The molecule has 0 amide bonds. The molecule has 1 unspecified atom stereocenters. The lowest BCUT2D eigenvalue weighted by atomic mass is 10.00. The average Bonchev–Trinajstić information content (AvgIpc) is 3.41. The number of benzene rings is 1. The molecular formula is C21H32IN5O2. The maximum absolute atomic E-state index is 10.8. The molecule has 1 aromatic carbocycles. The van der Waals surface area contributed by atoms with Crippen LogP contribution in [0.2, 0.25) is 0 Å². The minimum absolute atomic E-state index is 0. The Balaban J connectivity index is 0.00000300. The van der Waals surface area contributed by atoms with Gasteiger partial charge in [0.25, 0.3) is 0 Å². The lowest BCUT2D eigenvalue weighted by molar-refractivity contribution is 0.0616. The van der Waals surface area contributed by atoms with Crippen LogP contribution in [0.25, 0.3) is 0 Å². The van der Waals surface area contributed by atoms with Crippen LogP contribution >= 0.6 is 24.0 Å². The summed E-state index contributed by atoms with van der Waals surface area (Å²) in [6.07, 6.45) is 6.04. The molecule has 3 rings (SSSR count). The number of rotatable bonds is 9. The second-order valence-corrected chi connectivity index (χ2v) is 7.59. The van der Waals surface area contributed by atoms with Crippen LogP contribution in [-0.4, -0.2) is 40.5 Å². The van der Waals surface area contributed by atoms with Gasteiger partial charge < -0.3 is 20.5 Å². The van der Waals surface area contributed by atoms with Gasteiger partial charge in [-0.1, -0.05) is 18.2 Å². The number of aliphatic imine (C=N–C) groups is 1. The van der Waals surface area contributed by atoms with E-state index in [1.54, 1.807) is 17.8 Å².